The molecule has 2 rings (SSSR count). The van der Waals surface area contributed by atoms with Gasteiger partial charge in [-0.25, -0.2) is 0 Å². The molecule has 1 aromatic rings. The summed E-state index contributed by atoms with van der Waals surface area (Å²) in [5.74, 6) is 0.911. The minimum atomic E-state index is 0.0635. The second-order valence-electron chi connectivity index (χ2n) is 6.54. The molecule has 1 aliphatic heterocycles. The molecule has 21 heavy (non-hydrogen) atoms. The van der Waals surface area contributed by atoms with Crippen LogP contribution in [0.3, 0.4) is 0 Å². The molecular weight excluding hydrogens is 262 g/mol. The van der Waals surface area contributed by atoms with Crippen LogP contribution >= 0.6 is 0 Å². The first kappa shape index (κ1) is 16.0. The number of anilines is 2. The van der Waals surface area contributed by atoms with Crippen molar-refractivity contribution in [1.29, 1.82) is 0 Å². The Hall–Kier alpha value is -1.42. The van der Waals surface area contributed by atoms with Crippen LogP contribution in [0.2, 0.25) is 0 Å². The minimum Gasteiger partial charge on any atom is -0.495 e. The molecule has 0 saturated carbocycles. The van der Waals surface area contributed by atoms with Crippen molar-refractivity contribution in [2.75, 3.05) is 50.6 Å². The Labute approximate surface area is 129 Å². The van der Waals surface area contributed by atoms with Crippen molar-refractivity contribution in [1.82, 2.24) is 4.90 Å². The molecule has 0 aromatic heterocycles. The Morgan fingerprint density at radius 3 is 2.43 bits per heavy atom. The lowest BCUT2D eigenvalue weighted by Gasteiger charge is -2.35. The summed E-state index contributed by atoms with van der Waals surface area (Å²) in [7, 11) is 3.91. The van der Waals surface area contributed by atoms with Crippen LogP contribution in [0.5, 0.6) is 5.75 Å². The molecule has 0 radical (unpaired) electrons. The molecule has 1 fully saturated rings. The predicted molar refractivity (Wildman–Crippen MR) is 90.7 cm³/mol. The fraction of sp³-hybridized carbons (Fsp3) is 0.647. The number of ether oxygens (including phenoxy) is 1. The Morgan fingerprint density at radius 2 is 1.86 bits per heavy atom. The Bertz CT molecular complexity index is 465. The lowest BCUT2D eigenvalue weighted by atomic mass is 10.0. The predicted octanol–water partition coefficient (Wildman–Crippen LogP) is 3.05. The molecule has 4 heteroatoms. The van der Waals surface area contributed by atoms with Gasteiger partial charge in [-0.15, -0.1) is 0 Å². The molecule has 1 heterocycles. The zero-order valence-corrected chi connectivity index (χ0v) is 14.1. The van der Waals surface area contributed by atoms with Gasteiger partial charge in [-0.3, -0.25) is 0 Å². The molecule has 1 aromatic carbocycles. The summed E-state index contributed by atoms with van der Waals surface area (Å²) >= 11 is 0. The normalized spacial score (nSPS) is 16.9. The Balaban J connectivity index is 2.21. The van der Waals surface area contributed by atoms with Crippen LogP contribution in [-0.2, 0) is 0 Å². The highest BCUT2D eigenvalue weighted by Crippen LogP contribution is 2.32. The second-order valence-corrected chi connectivity index (χ2v) is 6.54. The van der Waals surface area contributed by atoms with E-state index >= 15 is 0 Å². The summed E-state index contributed by atoms with van der Waals surface area (Å²) in [6, 6.07) is 6.46. The van der Waals surface area contributed by atoms with Crippen LogP contribution in [0.1, 0.15) is 27.2 Å². The van der Waals surface area contributed by atoms with E-state index in [0.29, 0.717) is 0 Å². The van der Waals surface area contributed by atoms with Gasteiger partial charge in [0.25, 0.3) is 0 Å². The highest BCUT2D eigenvalue weighted by molar-refractivity contribution is 5.66. The average Bonchev–Trinajstić information content (AvgIpc) is 2.47. The maximum absolute atomic E-state index is 5.51. The van der Waals surface area contributed by atoms with Crippen molar-refractivity contribution in [3.05, 3.63) is 18.2 Å². The highest BCUT2D eigenvalue weighted by Gasteiger charge is 2.19. The molecule has 0 bridgehead atoms. The van der Waals surface area contributed by atoms with Crippen molar-refractivity contribution >= 4 is 11.4 Å². The number of hydrogen-bond acceptors (Lipinski definition) is 4. The van der Waals surface area contributed by atoms with Gasteiger partial charge < -0.3 is 19.9 Å². The topological polar surface area (TPSA) is 27.7 Å². The lowest BCUT2D eigenvalue weighted by Crippen LogP contribution is -2.44. The minimum absolute atomic E-state index is 0.0635. The first-order valence-corrected chi connectivity index (χ1v) is 7.85. The smallest absolute Gasteiger partial charge is 0.142 e. The van der Waals surface area contributed by atoms with E-state index in [2.05, 4.69) is 61.1 Å². The lowest BCUT2D eigenvalue weighted by molar-refractivity contribution is 0.313. The van der Waals surface area contributed by atoms with E-state index in [-0.39, 0.29) is 5.54 Å². The summed E-state index contributed by atoms with van der Waals surface area (Å²) in [5, 5.41) is 3.61. The number of likely N-dealkylation sites (N-methyl/N-ethyl adjacent to an activating group) is 1. The van der Waals surface area contributed by atoms with E-state index in [1.54, 1.807) is 7.11 Å². The van der Waals surface area contributed by atoms with E-state index < -0.39 is 0 Å². The van der Waals surface area contributed by atoms with Gasteiger partial charge in [-0.1, -0.05) is 6.92 Å². The van der Waals surface area contributed by atoms with Gasteiger partial charge >= 0.3 is 0 Å². The molecule has 0 unspecified atom stereocenters. The fourth-order valence-electron chi connectivity index (χ4n) is 2.51. The largest absolute Gasteiger partial charge is 0.495 e. The summed E-state index contributed by atoms with van der Waals surface area (Å²) in [6.45, 7) is 11.0. The molecule has 1 aliphatic rings. The van der Waals surface area contributed by atoms with Crippen LogP contribution in [0.25, 0.3) is 0 Å². The Kier molecular flexibility index (Phi) is 4.99. The van der Waals surface area contributed by atoms with E-state index in [1.165, 1.54) is 5.69 Å². The molecule has 0 atom stereocenters. The van der Waals surface area contributed by atoms with Crippen molar-refractivity contribution < 1.29 is 4.74 Å². The second kappa shape index (κ2) is 6.56. The molecular formula is C17H29N3O. The average molecular weight is 291 g/mol. The number of methoxy groups -OCH3 is 1. The standard InChI is InChI=1S/C17H29N3O/c1-6-17(2,3)18-15-13-14(7-8-16(15)21-5)20-11-9-19(4)10-12-20/h7-8,13,18H,6,9-12H2,1-5H3. The number of nitrogens with one attached hydrogen (secondary N) is 1. The number of rotatable bonds is 5. The molecule has 0 aliphatic carbocycles. The van der Waals surface area contributed by atoms with Crippen LogP contribution in [0.15, 0.2) is 18.2 Å². The third-order valence-corrected chi connectivity index (χ3v) is 4.41. The zero-order valence-electron chi connectivity index (χ0n) is 14.1. The van der Waals surface area contributed by atoms with E-state index in [0.717, 1.165) is 44.0 Å². The number of nitrogens with zero attached hydrogens (tertiary/aromatic N) is 2. The van der Waals surface area contributed by atoms with Crippen LogP contribution in [0, 0.1) is 0 Å². The molecule has 0 spiro atoms. The van der Waals surface area contributed by atoms with E-state index in [1.807, 2.05) is 0 Å². The molecule has 118 valence electrons. The first-order chi connectivity index (χ1) is 9.95. The molecule has 0 amide bonds. The molecule has 1 saturated heterocycles. The van der Waals surface area contributed by atoms with E-state index in [4.69, 9.17) is 4.74 Å². The summed E-state index contributed by atoms with van der Waals surface area (Å²) in [4.78, 5) is 4.82. The van der Waals surface area contributed by atoms with Crippen LogP contribution in [-0.4, -0.2) is 50.8 Å². The van der Waals surface area contributed by atoms with Gasteiger partial charge in [-0.05, 0) is 45.5 Å². The highest BCUT2D eigenvalue weighted by atomic mass is 16.5. The van der Waals surface area contributed by atoms with Crippen molar-refractivity contribution in [2.45, 2.75) is 32.7 Å². The monoisotopic (exact) mass is 291 g/mol. The van der Waals surface area contributed by atoms with Gasteiger partial charge in [0.15, 0.2) is 0 Å². The van der Waals surface area contributed by atoms with Gasteiger partial charge in [0, 0.05) is 37.4 Å². The van der Waals surface area contributed by atoms with Crippen LogP contribution < -0.4 is 15.0 Å². The molecule has 1 N–H and O–H groups in total. The van der Waals surface area contributed by atoms with Crippen LogP contribution in [0.4, 0.5) is 11.4 Å². The SMILES string of the molecule is CCC(C)(C)Nc1cc(N2CCN(C)CC2)ccc1OC. The fourth-order valence-corrected chi connectivity index (χ4v) is 2.51. The van der Waals surface area contributed by atoms with E-state index in [9.17, 15) is 0 Å². The number of hydrogen-bond donors (Lipinski definition) is 1. The number of piperazine rings is 1. The third kappa shape index (κ3) is 4.03. The van der Waals surface area contributed by atoms with Crippen molar-refractivity contribution in [2.24, 2.45) is 0 Å². The summed E-state index contributed by atoms with van der Waals surface area (Å²) in [6.07, 6.45) is 1.06. The van der Waals surface area contributed by atoms with Crippen molar-refractivity contribution in [3.8, 4) is 5.75 Å². The zero-order chi connectivity index (χ0) is 15.5. The van der Waals surface area contributed by atoms with Gasteiger partial charge in [0.05, 0.1) is 12.8 Å². The maximum Gasteiger partial charge on any atom is 0.142 e. The van der Waals surface area contributed by atoms with Crippen molar-refractivity contribution in [3.63, 3.8) is 0 Å². The van der Waals surface area contributed by atoms with Gasteiger partial charge in [0.1, 0.15) is 5.75 Å². The summed E-state index contributed by atoms with van der Waals surface area (Å²) < 4.78 is 5.51. The Morgan fingerprint density at radius 1 is 1.19 bits per heavy atom. The quantitative estimate of drug-likeness (QED) is 0.902. The third-order valence-electron chi connectivity index (χ3n) is 4.41. The molecule has 4 nitrogen and oxygen atoms in total. The first-order valence-electron chi connectivity index (χ1n) is 7.85. The number of benzene rings is 1. The van der Waals surface area contributed by atoms with Gasteiger partial charge in [0.2, 0.25) is 0 Å². The maximum atomic E-state index is 5.51. The van der Waals surface area contributed by atoms with Gasteiger partial charge in [-0.2, -0.15) is 0 Å². The summed E-state index contributed by atoms with van der Waals surface area (Å²) in [5.41, 5.74) is 2.42.